The molecule has 0 aliphatic carbocycles. The molecule has 1 amide bonds. The second-order valence-electron chi connectivity index (χ2n) is 9.73. The summed E-state index contributed by atoms with van der Waals surface area (Å²) in [5.74, 6) is -1.03. The number of benzene rings is 3. The Kier molecular flexibility index (Phi) is 7.23. The first kappa shape index (κ1) is 26.0. The van der Waals surface area contributed by atoms with E-state index < -0.39 is 11.6 Å². The third kappa shape index (κ3) is 5.30. The van der Waals surface area contributed by atoms with Crippen LogP contribution in [0.25, 0.3) is 11.3 Å². The lowest BCUT2D eigenvalue weighted by Gasteiger charge is -2.21. The number of hydrogen-bond donors (Lipinski definition) is 3. The molecule has 0 saturated carbocycles. The summed E-state index contributed by atoms with van der Waals surface area (Å²) in [6.45, 7) is 1.84. The number of amides is 1. The minimum Gasteiger partial charge on any atom is -0.326 e. The molecule has 1 aromatic heterocycles. The summed E-state index contributed by atoms with van der Waals surface area (Å²) in [7, 11) is 0. The zero-order valence-corrected chi connectivity index (χ0v) is 22.1. The number of hydrogen-bond acceptors (Lipinski definition) is 6. The molecule has 4 aromatic rings. The van der Waals surface area contributed by atoms with Gasteiger partial charge in [0.1, 0.15) is 11.6 Å². The topological polar surface area (TPSA) is 91.3 Å². The lowest BCUT2D eigenvalue weighted by molar-refractivity contribution is -0.120. The van der Waals surface area contributed by atoms with E-state index in [1.165, 1.54) is 18.2 Å². The molecule has 0 bridgehead atoms. The third-order valence-corrected chi connectivity index (χ3v) is 7.32. The molecule has 0 atom stereocenters. The van der Waals surface area contributed by atoms with Gasteiger partial charge in [0, 0.05) is 45.2 Å². The molecule has 6 rings (SSSR count). The summed E-state index contributed by atoms with van der Waals surface area (Å²) in [6.07, 6.45) is 3.32. The van der Waals surface area contributed by atoms with Gasteiger partial charge in [-0.05, 0) is 74.5 Å². The van der Waals surface area contributed by atoms with E-state index in [9.17, 15) is 13.6 Å². The molecule has 1 saturated heterocycles. The Morgan fingerprint density at radius 1 is 0.950 bits per heavy atom. The highest BCUT2D eigenvalue weighted by molar-refractivity contribution is 6.31. The van der Waals surface area contributed by atoms with E-state index in [0.29, 0.717) is 39.0 Å². The number of fused-ring (bicyclic) bond motifs is 3. The molecule has 3 N–H and O–H groups in total. The molecule has 2 aliphatic rings. The molecule has 202 valence electrons. The first-order chi connectivity index (χ1) is 19.5. The van der Waals surface area contributed by atoms with Crippen molar-refractivity contribution >= 4 is 40.5 Å². The minimum atomic E-state index is -0.709. The van der Waals surface area contributed by atoms with Crippen molar-refractivity contribution in [2.75, 3.05) is 23.7 Å². The van der Waals surface area contributed by atoms with Crippen molar-refractivity contribution in [1.82, 2.24) is 15.3 Å². The number of rotatable bonds is 5. The van der Waals surface area contributed by atoms with Gasteiger partial charge in [0.2, 0.25) is 11.9 Å². The number of nitrogens with zero attached hydrogens (tertiary/aromatic N) is 3. The maximum atomic E-state index is 14.8. The van der Waals surface area contributed by atoms with Crippen LogP contribution >= 0.6 is 11.6 Å². The first-order valence-corrected chi connectivity index (χ1v) is 13.4. The maximum absolute atomic E-state index is 14.8. The molecule has 0 unspecified atom stereocenters. The van der Waals surface area contributed by atoms with Gasteiger partial charge in [0.05, 0.1) is 23.5 Å². The number of anilines is 3. The highest BCUT2D eigenvalue weighted by atomic mass is 35.5. The van der Waals surface area contributed by atoms with E-state index in [0.717, 1.165) is 31.6 Å². The Bertz CT molecular complexity index is 1600. The van der Waals surface area contributed by atoms with Crippen LogP contribution in [0.2, 0.25) is 5.02 Å². The normalized spacial score (nSPS) is 14.9. The zero-order valence-electron chi connectivity index (χ0n) is 21.3. The molecular weight excluding hydrogens is 534 g/mol. The van der Waals surface area contributed by atoms with Crippen LogP contribution < -0.4 is 16.0 Å². The Labute approximate surface area is 234 Å². The van der Waals surface area contributed by atoms with Crippen molar-refractivity contribution in [3.05, 3.63) is 100 Å². The van der Waals surface area contributed by atoms with Crippen LogP contribution in [0.4, 0.5) is 26.1 Å². The number of aliphatic imine (C=N–C) groups is 1. The predicted octanol–water partition coefficient (Wildman–Crippen LogP) is 6.11. The highest BCUT2D eigenvalue weighted by Gasteiger charge is 2.25. The Morgan fingerprint density at radius 2 is 1.68 bits per heavy atom. The number of aromatic nitrogens is 2. The second-order valence-corrected chi connectivity index (χ2v) is 10.2. The standard InChI is InChI=1S/C30H25ClF2N6O/c31-19-4-9-22-23(14-19)28(26-24(32)2-1-3-25(26)33)35-15-18-16-36-30(39-27(18)22)38-21-7-5-20(6-8-21)37-29(40)17-10-12-34-13-11-17/h1-9,14,16-17,34H,10-13,15H2,(H,37,40)(H,36,38,39). The zero-order chi connectivity index (χ0) is 27.6. The number of nitrogens with one attached hydrogen (secondary N) is 3. The summed E-state index contributed by atoms with van der Waals surface area (Å²) in [5, 5.41) is 9.86. The van der Waals surface area contributed by atoms with Crippen LogP contribution in [0, 0.1) is 17.6 Å². The summed E-state index contributed by atoms with van der Waals surface area (Å²) in [6, 6.07) is 16.2. The Morgan fingerprint density at radius 3 is 2.42 bits per heavy atom. The van der Waals surface area contributed by atoms with Crippen LogP contribution in [0.1, 0.15) is 29.5 Å². The van der Waals surface area contributed by atoms with Crippen LogP contribution in [0.15, 0.2) is 71.9 Å². The molecule has 3 heterocycles. The molecule has 40 heavy (non-hydrogen) atoms. The Hall–Kier alpha value is -4.21. The van der Waals surface area contributed by atoms with Gasteiger partial charge >= 0.3 is 0 Å². The average Bonchev–Trinajstić information content (AvgIpc) is 3.11. The molecule has 10 heteroatoms. The quantitative estimate of drug-likeness (QED) is 0.275. The fourth-order valence-corrected chi connectivity index (χ4v) is 5.19. The van der Waals surface area contributed by atoms with Crippen LogP contribution in [-0.4, -0.2) is 34.7 Å². The molecular formula is C30H25ClF2N6O. The van der Waals surface area contributed by atoms with Gasteiger partial charge in [0.25, 0.3) is 0 Å². The summed E-state index contributed by atoms with van der Waals surface area (Å²) < 4.78 is 29.5. The molecule has 0 spiro atoms. The number of carbonyl (C=O) groups excluding carboxylic acids is 1. The first-order valence-electron chi connectivity index (χ1n) is 13.0. The minimum absolute atomic E-state index is 0.0177. The third-order valence-electron chi connectivity index (χ3n) is 7.08. The van der Waals surface area contributed by atoms with Crippen LogP contribution in [0.3, 0.4) is 0 Å². The van der Waals surface area contributed by atoms with Crippen molar-refractivity contribution in [1.29, 1.82) is 0 Å². The summed E-state index contributed by atoms with van der Waals surface area (Å²) in [4.78, 5) is 26.3. The number of carbonyl (C=O) groups is 1. The molecule has 7 nitrogen and oxygen atoms in total. The van der Waals surface area contributed by atoms with Crippen molar-refractivity contribution in [2.45, 2.75) is 19.4 Å². The average molecular weight is 559 g/mol. The van der Waals surface area contributed by atoms with Crippen LogP contribution in [0.5, 0.6) is 0 Å². The van der Waals surface area contributed by atoms with Crippen molar-refractivity contribution in [3.8, 4) is 11.3 Å². The second kappa shape index (κ2) is 11.1. The van der Waals surface area contributed by atoms with E-state index in [1.54, 1.807) is 24.4 Å². The van der Waals surface area contributed by atoms with E-state index in [4.69, 9.17) is 16.6 Å². The number of halogens is 3. The molecule has 2 aliphatic heterocycles. The fraction of sp³-hybridized carbons (Fsp3) is 0.200. The van der Waals surface area contributed by atoms with E-state index in [2.05, 4.69) is 25.9 Å². The van der Waals surface area contributed by atoms with Gasteiger partial charge in [-0.15, -0.1) is 0 Å². The molecule has 0 radical (unpaired) electrons. The number of piperidine rings is 1. The lowest BCUT2D eigenvalue weighted by atomic mass is 9.95. The fourth-order valence-electron chi connectivity index (χ4n) is 5.02. The van der Waals surface area contributed by atoms with Gasteiger partial charge in [-0.3, -0.25) is 9.79 Å². The van der Waals surface area contributed by atoms with Gasteiger partial charge in [-0.1, -0.05) is 23.7 Å². The molecule has 3 aromatic carbocycles. The highest BCUT2D eigenvalue weighted by Crippen LogP contribution is 2.35. The summed E-state index contributed by atoms with van der Waals surface area (Å²) in [5.41, 5.74) is 3.82. The van der Waals surface area contributed by atoms with E-state index in [1.807, 2.05) is 24.3 Å². The summed E-state index contributed by atoms with van der Waals surface area (Å²) >= 11 is 6.30. The monoisotopic (exact) mass is 558 g/mol. The van der Waals surface area contributed by atoms with Gasteiger partial charge in [-0.2, -0.15) is 0 Å². The predicted molar refractivity (Wildman–Crippen MR) is 152 cm³/mol. The van der Waals surface area contributed by atoms with Gasteiger partial charge in [0.15, 0.2) is 0 Å². The smallest absolute Gasteiger partial charge is 0.227 e. The largest absolute Gasteiger partial charge is 0.326 e. The van der Waals surface area contributed by atoms with Crippen LogP contribution in [-0.2, 0) is 11.3 Å². The SMILES string of the molecule is O=C(Nc1ccc(Nc2ncc3c(n2)-c2ccc(Cl)cc2C(c2c(F)cccc2F)=NC3)cc1)C1CCNCC1. The Balaban J connectivity index is 1.27. The van der Waals surface area contributed by atoms with Crippen molar-refractivity contribution < 1.29 is 13.6 Å². The van der Waals surface area contributed by atoms with E-state index >= 15 is 0 Å². The molecule has 1 fully saturated rings. The van der Waals surface area contributed by atoms with E-state index in [-0.39, 0.29) is 29.6 Å². The van der Waals surface area contributed by atoms with Gasteiger partial charge in [-0.25, -0.2) is 18.7 Å². The van der Waals surface area contributed by atoms with Crippen molar-refractivity contribution in [3.63, 3.8) is 0 Å². The van der Waals surface area contributed by atoms with Gasteiger partial charge < -0.3 is 16.0 Å². The van der Waals surface area contributed by atoms with Crippen molar-refractivity contribution in [2.24, 2.45) is 10.9 Å². The maximum Gasteiger partial charge on any atom is 0.227 e. The lowest BCUT2D eigenvalue weighted by Crippen LogP contribution is -2.34.